The monoisotopic (exact) mass is 464 g/mol. The minimum Gasteiger partial charge on any atom is -0.338 e. The number of amides is 2. The van der Waals surface area contributed by atoms with Crippen molar-refractivity contribution in [3.8, 4) is 0 Å². The Balaban J connectivity index is 1.37. The molecule has 0 unspecified atom stereocenters. The summed E-state index contributed by atoms with van der Waals surface area (Å²) >= 11 is 5.97. The molecule has 2 heterocycles. The molecule has 0 spiro atoms. The molecule has 0 saturated carbocycles. The summed E-state index contributed by atoms with van der Waals surface area (Å²) in [6, 6.07) is 10.0. The summed E-state index contributed by atoms with van der Waals surface area (Å²) in [5.41, 5.74) is 0.642. The van der Waals surface area contributed by atoms with E-state index in [0.717, 1.165) is 6.07 Å². The summed E-state index contributed by atoms with van der Waals surface area (Å²) in [5, 5.41) is 0.0404. The van der Waals surface area contributed by atoms with Crippen LogP contribution in [0, 0.1) is 5.82 Å². The number of nitrogens with one attached hydrogen (secondary N) is 1. The molecule has 4 rings (SSSR count). The quantitative estimate of drug-likeness (QED) is 0.744. The maximum Gasteiger partial charge on any atom is 0.263 e. The number of sulfonamides is 1. The molecule has 11 heteroatoms. The number of aliphatic imine (C=N–C) groups is 1. The van der Waals surface area contributed by atoms with E-state index in [2.05, 4.69) is 9.71 Å². The van der Waals surface area contributed by atoms with Crippen molar-refractivity contribution in [1.29, 1.82) is 0 Å². The Bertz CT molecular complexity index is 1190. The maximum absolute atomic E-state index is 13.2. The molecule has 162 valence electrons. The molecule has 2 aromatic rings. The van der Waals surface area contributed by atoms with Crippen LogP contribution in [0.2, 0.25) is 5.02 Å². The standard InChI is InChI=1S/C20H18ClFN4O4S/c21-16-11-13(22)5-6-14(16)20(28)26-9-7-25(8-10-26)18(27)12-23-19-15-3-1-2-4-17(15)31(29,30)24-19/h1-6,11H,7-10,12H2,(H,23,24). The number of fused-ring (bicyclic) bond motifs is 1. The molecule has 0 aromatic heterocycles. The smallest absolute Gasteiger partial charge is 0.263 e. The molecule has 0 atom stereocenters. The topological polar surface area (TPSA) is 99.1 Å². The Morgan fingerprint density at radius 2 is 1.74 bits per heavy atom. The molecule has 2 amide bonds. The Kier molecular flexibility index (Phi) is 5.67. The molecule has 1 fully saturated rings. The van der Waals surface area contributed by atoms with Crippen molar-refractivity contribution in [2.75, 3.05) is 32.7 Å². The first kappa shape index (κ1) is 21.3. The number of amidine groups is 1. The highest BCUT2D eigenvalue weighted by Gasteiger charge is 2.31. The molecule has 31 heavy (non-hydrogen) atoms. The fraction of sp³-hybridized carbons (Fsp3) is 0.250. The van der Waals surface area contributed by atoms with E-state index in [-0.39, 0.29) is 39.7 Å². The fourth-order valence-corrected chi connectivity index (χ4v) is 4.99. The molecule has 8 nitrogen and oxygen atoms in total. The molecular formula is C20H18ClFN4O4S. The highest BCUT2D eigenvalue weighted by atomic mass is 35.5. The third-order valence-electron chi connectivity index (χ3n) is 5.12. The van der Waals surface area contributed by atoms with Crippen molar-refractivity contribution >= 4 is 39.3 Å². The average molecular weight is 465 g/mol. The lowest BCUT2D eigenvalue weighted by Crippen LogP contribution is -2.51. The van der Waals surface area contributed by atoms with Crippen LogP contribution in [0.1, 0.15) is 15.9 Å². The van der Waals surface area contributed by atoms with Gasteiger partial charge in [0.25, 0.3) is 15.9 Å². The second-order valence-electron chi connectivity index (χ2n) is 7.06. The van der Waals surface area contributed by atoms with E-state index in [1.54, 1.807) is 28.0 Å². The van der Waals surface area contributed by atoms with Gasteiger partial charge in [0, 0.05) is 31.7 Å². The fourth-order valence-electron chi connectivity index (χ4n) is 3.49. The summed E-state index contributed by atoms with van der Waals surface area (Å²) in [6.07, 6.45) is 0. The Hall–Kier alpha value is -2.98. The van der Waals surface area contributed by atoms with Gasteiger partial charge in [-0.3, -0.25) is 19.3 Å². The number of hydrogen-bond donors (Lipinski definition) is 1. The molecule has 2 aromatic carbocycles. The van der Waals surface area contributed by atoms with Gasteiger partial charge in [-0.2, -0.15) is 0 Å². The van der Waals surface area contributed by atoms with E-state index in [1.807, 2.05) is 0 Å². The third kappa shape index (κ3) is 4.26. The van der Waals surface area contributed by atoms with Crippen LogP contribution in [0.5, 0.6) is 0 Å². The van der Waals surface area contributed by atoms with Gasteiger partial charge in [-0.05, 0) is 30.3 Å². The summed E-state index contributed by atoms with van der Waals surface area (Å²) in [6.45, 7) is 0.978. The first-order valence-electron chi connectivity index (χ1n) is 9.45. The van der Waals surface area contributed by atoms with E-state index in [9.17, 15) is 22.4 Å². The lowest BCUT2D eigenvalue weighted by molar-refractivity contribution is -0.131. The van der Waals surface area contributed by atoms with Crippen LogP contribution in [0.15, 0.2) is 52.4 Å². The number of benzene rings is 2. The number of nitrogens with zero attached hydrogens (tertiary/aromatic N) is 3. The van der Waals surface area contributed by atoms with E-state index in [0.29, 0.717) is 31.7 Å². The lowest BCUT2D eigenvalue weighted by Gasteiger charge is -2.34. The van der Waals surface area contributed by atoms with Gasteiger partial charge in [0.2, 0.25) is 5.91 Å². The first-order valence-corrected chi connectivity index (χ1v) is 11.3. The van der Waals surface area contributed by atoms with Crippen molar-refractivity contribution in [3.05, 3.63) is 64.4 Å². The molecule has 0 radical (unpaired) electrons. The average Bonchev–Trinajstić information content (AvgIpc) is 3.02. The second kappa shape index (κ2) is 8.27. The zero-order valence-corrected chi connectivity index (χ0v) is 17.8. The van der Waals surface area contributed by atoms with Crippen molar-refractivity contribution in [2.24, 2.45) is 4.99 Å². The first-order chi connectivity index (χ1) is 14.8. The van der Waals surface area contributed by atoms with Gasteiger partial charge < -0.3 is 9.80 Å². The molecule has 1 saturated heterocycles. The number of carbonyl (C=O) groups excluding carboxylic acids is 2. The zero-order valence-electron chi connectivity index (χ0n) is 16.2. The van der Waals surface area contributed by atoms with Crippen molar-refractivity contribution in [3.63, 3.8) is 0 Å². The molecular weight excluding hydrogens is 447 g/mol. The molecule has 0 bridgehead atoms. The summed E-state index contributed by atoms with van der Waals surface area (Å²) in [5.74, 6) is -0.980. The van der Waals surface area contributed by atoms with Crippen LogP contribution >= 0.6 is 11.6 Å². The van der Waals surface area contributed by atoms with Gasteiger partial charge in [-0.15, -0.1) is 0 Å². The van der Waals surface area contributed by atoms with Gasteiger partial charge in [-0.25, -0.2) is 12.8 Å². The van der Waals surface area contributed by atoms with Crippen LogP contribution in [-0.4, -0.2) is 68.6 Å². The van der Waals surface area contributed by atoms with Crippen molar-refractivity contribution in [2.45, 2.75) is 4.90 Å². The minimum atomic E-state index is -3.66. The Morgan fingerprint density at radius 3 is 2.45 bits per heavy atom. The predicted octanol–water partition coefficient (Wildman–Crippen LogP) is 1.50. The van der Waals surface area contributed by atoms with Gasteiger partial charge in [-0.1, -0.05) is 23.7 Å². The van der Waals surface area contributed by atoms with E-state index in [1.165, 1.54) is 18.2 Å². The minimum absolute atomic E-state index is 0.0404. The Morgan fingerprint density at radius 1 is 1.06 bits per heavy atom. The largest absolute Gasteiger partial charge is 0.338 e. The predicted molar refractivity (Wildman–Crippen MR) is 112 cm³/mol. The van der Waals surface area contributed by atoms with Gasteiger partial charge in [0.1, 0.15) is 18.2 Å². The number of halogens is 2. The molecule has 2 aliphatic heterocycles. The SMILES string of the molecule is O=C(CN=C1NS(=O)(=O)c2ccccc21)N1CCN(C(=O)c2ccc(F)cc2Cl)CC1. The number of carbonyl (C=O) groups is 2. The third-order valence-corrected chi connectivity index (χ3v) is 6.83. The van der Waals surface area contributed by atoms with Crippen LogP contribution in [0.3, 0.4) is 0 Å². The van der Waals surface area contributed by atoms with Crippen LogP contribution in [-0.2, 0) is 14.8 Å². The highest BCUT2D eigenvalue weighted by Crippen LogP contribution is 2.22. The van der Waals surface area contributed by atoms with Crippen molar-refractivity contribution < 1.29 is 22.4 Å². The van der Waals surface area contributed by atoms with Crippen LogP contribution in [0.4, 0.5) is 4.39 Å². The van der Waals surface area contributed by atoms with Gasteiger partial charge in [0.05, 0.1) is 15.5 Å². The van der Waals surface area contributed by atoms with Crippen LogP contribution < -0.4 is 4.72 Å². The summed E-state index contributed by atoms with van der Waals surface area (Å²) in [7, 11) is -3.66. The van der Waals surface area contributed by atoms with Gasteiger partial charge >= 0.3 is 0 Å². The Labute approximate surface area is 183 Å². The molecule has 0 aliphatic carbocycles. The van der Waals surface area contributed by atoms with E-state index >= 15 is 0 Å². The number of hydrogen-bond acceptors (Lipinski definition) is 5. The highest BCUT2D eigenvalue weighted by molar-refractivity contribution is 7.90. The van der Waals surface area contributed by atoms with Crippen molar-refractivity contribution in [1.82, 2.24) is 14.5 Å². The van der Waals surface area contributed by atoms with E-state index in [4.69, 9.17) is 11.6 Å². The second-order valence-corrected chi connectivity index (χ2v) is 9.12. The normalized spacial score (nSPS) is 18.6. The number of piperazine rings is 1. The summed E-state index contributed by atoms with van der Waals surface area (Å²) in [4.78, 5) is 32.6. The summed E-state index contributed by atoms with van der Waals surface area (Å²) < 4.78 is 39.8. The van der Waals surface area contributed by atoms with Gasteiger partial charge in [0.15, 0.2) is 0 Å². The molecule has 2 aliphatic rings. The lowest BCUT2D eigenvalue weighted by atomic mass is 10.1. The maximum atomic E-state index is 13.2. The molecule has 1 N–H and O–H groups in total. The van der Waals surface area contributed by atoms with E-state index < -0.39 is 15.8 Å². The number of rotatable bonds is 3. The zero-order chi connectivity index (χ0) is 22.2. The van der Waals surface area contributed by atoms with Crippen LogP contribution in [0.25, 0.3) is 0 Å².